The van der Waals surface area contributed by atoms with Gasteiger partial charge in [0, 0.05) is 19.0 Å². The van der Waals surface area contributed by atoms with Crippen LogP contribution >= 0.6 is 0 Å². The highest BCUT2D eigenvalue weighted by Gasteiger charge is 2.56. The number of ether oxygens (including phenoxy) is 1. The molecule has 0 spiro atoms. The van der Waals surface area contributed by atoms with Crippen molar-refractivity contribution in [3.8, 4) is 11.1 Å². The number of amides is 2. The number of nitrogens with zero attached hydrogens (tertiary/aromatic N) is 1. The molecule has 2 aromatic rings. The summed E-state index contributed by atoms with van der Waals surface area (Å²) in [7, 11) is 0. The summed E-state index contributed by atoms with van der Waals surface area (Å²) in [6.45, 7) is 4.47. The molecule has 182 valence electrons. The number of aliphatic carboxylic acids is 1. The van der Waals surface area contributed by atoms with Crippen molar-refractivity contribution in [3.63, 3.8) is 0 Å². The van der Waals surface area contributed by atoms with E-state index < -0.39 is 23.5 Å². The SMILES string of the molecule is C=CCC(NC(=O)OCC1c2ccccc2-c2ccccc21)C(=O)N1C[C@H]2CCC[C@@]2(C(=O)O)C1. The van der Waals surface area contributed by atoms with Crippen LogP contribution in [0, 0.1) is 11.3 Å². The molecule has 2 aromatic carbocycles. The zero-order valence-electron chi connectivity index (χ0n) is 19.6. The minimum Gasteiger partial charge on any atom is -0.481 e. The number of carboxylic acids is 1. The van der Waals surface area contributed by atoms with Crippen LogP contribution < -0.4 is 5.32 Å². The number of carbonyl (C=O) groups is 3. The minimum atomic E-state index is -0.863. The van der Waals surface area contributed by atoms with Crippen LogP contribution in [-0.4, -0.2) is 53.7 Å². The number of likely N-dealkylation sites (tertiary alicyclic amines) is 1. The average Bonchev–Trinajstić information content (AvgIpc) is 3.52. The van der Waals surface area contributed by atoms with Gasteiger partial charge in [-0.05, 0) is 47.4 Å². The lowest BCUT2D eigenvalue weighted by Gasteiger charge is -2.26. The van der Waals surface area contributed by atoms with Gasteiger partial charge in [-0.25, -0.2) is 4.79 Å². The van der Waals surface area contributed by atoms with Gasteiger partial charge in [-0.3, -0.25) is 9.59 Å². The summed E-state index contributed by atoms with van der Waals surface area (Å²) in [5.41, 5.74) is 3.65. The van der Waals surface area contributed by atoms with E-state index in [9.17, 15) is 19.5 Å². The molecular weight excluding hydrogens is 444 g/mol. The largest absolute Gasteiger partial charge is 0.481 e. The van der Waals surface area contributed by atoms with Gasteiger partial charge >= 0.3 is 12.1 Å². The predicted octanol–water partition coefficient (Wildman–Crippen LogP) is 4.18. The Kier molecular flexibility index (Phi) is 6.09. The molecule has 35 heavy (non-hydrogen) atoms. The summed E-state index contributed by atoms with van der Waals surface area (Å²) in [4.78, 5) is 39.6. The Bertz CT molecular complexity index is 1130. The van der Waals surface area contributed by atoms with Crippen molar-refractivity contribution in [2.75, 3.05) is 19.7 Å². The van der Waals surface area contributed by atoms with Gasteiger partial charge in [0.25, 0.3) is 0 Å². The maximum absolute atomic E-state index is 13.3. The Morgan fingerprint density at radius 3 is 2.40 bits per heavy atom. The van der Waals surface area contributed by atoms with Crippen molar-refractivity contribution in [1.82, 2.24) is 10.2 Å². The molecule has 5 rings (SSSR count). The first-order valence-electron chi connectivity index (χ1n) is 12.2. The molecule has 7 heteroatoms. The molecule has 1 aliphatic heterocycles. The number of alkyl carbamates (subject to hydrolysis) is 1. The molecule has 2 amide bonds. The van der Waals surface area contributed by atoms with E-state index in [1.807, 2.05) is 36.4 Å². The van der Waals surface area contributed by atoms with E-state index in [4.69, 9.17) is 4.74 Å². The normalized spacial score (nSPS) is 23.2. The summed E-state index contributed by atoms with van der Waals surface area (Å²) in [6, 6.07) is 15.4. The Labute approximate surface area is 204 Å². The smallest absolute Gasteiger partial charge is 0.407 e. The van der Waals surface area contributed by atoms with Gasteiger partial charge in [-0.2, -0.15) is 0 Å². The number of benzene rings is 2. The van der Waals surface area contributed by atoms with Gasteiger partial charge in [0.1, 0.15) is 12.6 Å². The van der Waals surface area contributed by atoms with Crippen molar-refractivity contribution in [2.24, 2.45) is 11.3 Å². The number of nitrogens with one attached hydrogen (secondary N) is 1. The molecule has 1 unspecified atom stereocenters. The van der Waals surface area contributed by atoms with Crippen LogP contribution in [0.2, 0.25) is 0 Å². The zero-order valence-corrected chi connectivity index (χ0v) is 19.6. The summed E-state index contributed by atoms with van der Waals surface area (Å²) in [5, 5.41) is 12.5. The predicted molar refractivity (Wildman–Crippen MR) is 131 cm³/mol. The standard InChI is InChI=1S/C28H30N2O5/c1-2-8-24(25(31)30-15-18-9-7-14-28(18,17-30)26(32)33)29-27(34)35-16-23-21-12-5-3-10-19(21)20-11-4-6-13-22(20)23/h2-6,10-13,18,23-24H,1,7-9,14-17H2,(H,29,34)(H,32,33)/t18-,24?,28-/m1/s1. The van der Waals surface area contributed by atoms with Gasteiger partial charge in [-0.1, -0.05) is 61.0 Å². The van der Waals surface area contributed by atoms with Gasteiger partial charge in [0.15, 0.2) is 0 Å². The fraction of sp³-hybridized carbons (Fsp3) is 0.393. The van der Waals surface area contributed by atoms with Gasteiger partial charge in [0.05, 0.1) is 5.41 Å². The fourth-order valence-electron chi connectivity index (χ4n) is 6.20. The van der Waals surface area contributed by atoms with Crippen molar-refractivity contribution < 1.29 is 24.2 Å². The number of hydrogen-bond donors (Lipinski definition) is 2. The van der Waals surface area contributed by atoms with Gasteiger partial charge in [0.2, 0.25) is 5.91 Å². The fourth-order valence-corrected chi connectivity index (χ4v) is 6.20. The summed E-state index contributed by atoms with van der Waals surface area (Å²) < 4.78 is 5.61. The Balaban J connectivity index is 1.24. The number of fused-ring (bicyclic) bond motifs is 4. The molecule has 1 saturated heterocycles. The third-order valence-electron chi connectivity index (χ3n) is 7.94. The molecule has 0 bridgehead atoms. The van der Waals surface area contributed by atoms with Crippen LogP contribution in [0.5, 0.6) is 0 Å². The second-order valence-corrected chi connectivity index (χ2v) is 9.82. The van der Waals surface area contributed by atoms with Crippen molar-refractivity contribution >= 4 is 18.0 Å². The highest BCUT2D eigenvalue weighted by molar-refractivity contribution is 5.88. The Hall–Kier alpha value is -3.61. The van der Waals surface area contributed by atoms with Crippen LogP contribution in [0.15, 0.2) is 61.2 Å². The molecule has 3 atom stereocenters. The van der Waals surface area contributed by atoms with Crippen LogP contribution in [0.25, 0.3) is 11.1 Å². The lowest BCUT2D eigenvalue weighted by atomic mass is 9.81. The maximum Gasteiger partial charge on any atom is 0.407 e. The molecule has 2 N–H and O–H groups in total. The van der Waals surface area contributed by atoms with E-state index in [1.165, 1.54) is 0 Å². The lowest BCUT2D eigenvalue weighted by molar-refractivity contribution is -0.149. The molecule has 1 heterocycles. The van der Waals surface area contributed by atoms with E-state index in [0.29, 0.717) is 13.0 Å². The van der Waals surface area contributed by atoms with E-state index in [1.54, 1.807) is 11.0 Å². The molecule has 2 fully saturated rings. The molecule has 7 nitrogen and oxygen atoms in total. The molecule has 2 aliphatic carbocycles. The molecule has 3 aliphatic rings. The molecule has 0 aromatic heterocycles. The highest BCUT2D eigenvalue weighted by atomic mass is 16.5. The first-order chi connectivity index (χ1) is 16.9. The molecule has 0 radical (unpaired) electrons. The third kappa shape index (κ3) is 3.99. The molecule has 1 saturated carbocycles. The lowest BCUT2D eigenvalue weighted by Crippen LogP contribution is -2.49. The Morgan fingerprint density at radius 1 is 1.14 bits per heavy atom. The second kappa shape index (κ2) is 9.21. The van der Waals surface area contributed by atoms with E-state index in [2.05, 4.69) is 24.0 Å². The summed E-state index contributed by atoms with van der Waals surface area (Å²) >= 11 is 0. The van der Waals surface area contributed by atoms with Crippen molar-refractivity contribution in [1.29, 1.82) is 0 Å². The van der Waals surface area contributed by atoms with Gasteiger partial charge in [-0.15, -0.1) is 6.58 Å². The number of hydrogen-bond acceptors (Lipinski definition) is 4. The van der Waals surface area contributed by atoms with E-state index >= 15 is 0 Å². The number of carboxylic acid groups (broad SMARTS) is 1. The summed E-state index contributed by atoms with van der Waals surface area (Å²) in [5.74, 6) is -1.23. The molecular formula is C28H30N2O5. The minimum absolute atomic E-state index is 0.0391. The first-order valence-corrected chi connectivity index (χ1v) is 12.2. The van der Waals surface area contributed by atoms with E-state index in [0.717, 1.165) is 35.1 Å². The third-order valence-corrected chi connectivity index (χ3v) is 7.94. The number of rotatable bonds is 7. The average molecular weight is 475 g/mol. The zero-order chi connectivity index (χ0) is 24.6. The quantitative estimate of drug-likeness (QED) is 0.587. The second-order valence-electron chi connectivity index (χ2n) is 9.82. The van der Waals surface area contributed by atoms with Gasteiger partial charge < -0.3 is 20.1 Å². The highest BCUT2D eigenvalue weighted by Crippen LogP contribution is 2.49. The van der Waals surface area contributed by atoms with Crippen molar-refractivity contribution in [2.45, 2.75) is 37.6 Å². The Morgan fingerprint density at radius 2 is 1.80 bits per heavy atom. The van der Waals surface area contributed by atoms with Crippen LogP contribution in [0.3, 0.4) is 0 Å². The first kappa shape index (κ1) is 23.1. The van der Waals surface area contributed by atoms with E-state index in [-0.39, 0.29) is 37.3 Å². The summed E-state index contributed by atoms with van der Waals surface area (Å²) in [6.07, 6.45) is 3.41. The maximum atomic E-state index is 13.3. The van der Waals surface area contributed by atoms with Crippen LogP contribution in [0.1, 0.15) is 42.7 Å². The monoisotopic (exact) mass is 474 g/mol. The van der Waals surface area contributed by atoms with Crippen molar-refractivity contribution in [3.05, 3.63) is 72.3 Å². The number of carbonyl (C=O) groups excluding carboxylic acids is 2. The van der Waals surface area contributed by atoms with Crippen LogP contribution in [0.4, 0.5) is 4.79 Å². The van der Waals surface area contributed by atoms with Crippen LogP contribution in [-0.2, 0) is 14.3 Å². The topological polar surface area (TPSA) is 95.9 Å².